The van der Waals surface area contributed by atoms with Gasteiger partial charge in [-0.15, -0.1) is 0 Å². The summed E-state index contributed by atoms with van der Waals surface area (Å²) in [5.41, 5.74) is 2.10. The van der Waals surface area contributed by atoms with Gasteiger partial charge in [-0.25, -0.2) is 0 Å². The third-order valence-corrected chi connectivity index (χ3v) is 3.63. The monoisotopic (exact) mass is 262 g/mol. The first-order valence-electron chi connectivity index (χ1n) is 6.96. The third kappa shape index (κ3) is 4.33. The molecule has 1 heterocycles. The summed E-state index contributed by atoms with van der Waals surface area (Å²) in [6, 6.07) is 7.85. The van der Waals surface area contributed by atoms with Gasteiger partial charge >= 0.3 is 0 Å². The van der Waals surface area contributed by atoms with Crippen molar-refractivity contribution < 1.29 is 9.90 Å². The Bertz CT molecular complexity index is 397. The molecular formula is C15H22N2O2. The molecule has 0 radical (unpaired) electrons. The van der Waals surface area contributed by atoms with Gasteiger partial charge in [-0.1, -0.05) is 24.3 Å². The number of amides is 1. The van der Waals surface area contributed by atoms with Gasteiger partial charge in [0.2, 0.25) is 5.91 Å². The zero-order valence-electron chi connectivity index (χ0n) is 11.2. The lowest BCUT2D eigenvalue weighted by molar-refractivity contribution is -0.125. The van der Waals surface area contributed by atoms with Gasteiger partial charge in [0.1, 0.15) is 0 Å². The second-order valence-electron chi connectivity index (χ2n) is 5.04. The van der Waals surface area contributed by atoms with E-state index < -0.39 is 0 Å². The first-order valence-corrected chi connectivity index (χ1v) is 6.96. The maximum absolute atomic E-state index is 11.9. The van der Waals surface area contributed by atoms with Gasteiger partial charge in [-0.2, -0.15) is 0 Å². The van der Waals surface area contributed by atoms with E-state index in [4.69, 9.17) is 5.11 Å². The van der Waals surface area contributed by atoms with Crippen LogP contribution in [0.1, 0.15) is 24.0 Å². The van der Waals surface area contributed by atoms with Crippen molar-refractivity contribution in [3.05, 3.63) is 35.4 Å². The van der Waals surface area contributed by atoms with E-state index in [0.717, 1.165) is 37.9 Å². The van der Waals surface area contributed by atoms with Gasteiger partial charge in [0.15, 0.2) is 0 Å². The predicted octanol–water partition coefficient (Wildman–Crippen LogP) is 0.837. The van der Waals surface area contributed by atoms with Crippen LogP contribution in [0.4, 0.5) is 0 Å². The van der Waals surface area contributed by atoms with Crippen molar-refractivity contribution >= 4 is 5.91 Å². The minimum atomic E-state index is 0.0761. The lowest BCUT2D eigenvalue weighted by Crippen LogP contribution is -2.38. The largest absolute Gasteiger partial charge is 0.392 e. The van der Waals surface area contributed by atoms with Crippen LogP contribution in [-0.2, 0) is 17.8 Å². The Morgan fingerprint density at radius 2 is 1.84 bits per heavy atom. The maximum atomic E-state index is 11.9. The maximum Gasteiger partial charge on any atom is 0.223 e. The predicted molar refractivity (Wildman–Crippen MR) is 74.7 cm³/mol. The van der Waals surface area contributed by atoms with Crippen LogP contribution >= 0.6 is 0 Å². The Morgan fingerprint density at radius 1 is 1.21 bits per heavy atom. The van der Waals surface area contributed by atoms with Gasteiger partial charge in [0.25, 0.3) is 0 Å². The van der Waals surface area contributed by atoms with Crippen LogP contribution in [0.3, 0.4) is 0 Å². The zero-order chi connectivity index (χ0) is 13.5. The Kier molecular flexibility index (Phi) is 5.36. The molecule has 1 aromatic carbocycles. The van der Waals surface area contributed by atoms with Crippen molar-refractivity contribution in [2.45, 2.75) is 25.9 Å². The molecule has 0 aromatic heterocycles. The summed E-state index contributed by atoms with van der Waals surface area (Å²) in [6.45, 7) is 2.65. The smallest absolute Gasteiger partial charge is 0.223 e. The molecule has 0 atom stereocenters. The topological polar surface area (TPSA) is 61.4 Å². The number of benzene rings is 1. The highest BCUT2D eigenvalue weighted by Gasteiger charge is 2.19. The molecule has 0 bridgehead atoms. The van der Waals surface area contributed by atoms with Crippen LogP contribution < -0.4 is 10.6 Å². The number of nitrogens with one attached hydrogen (secondary N) is 2. The summed E-state index contributed by atoms with van der Waals surface area (Å²) in [4.78, 5) is 11.9. The van der Waals surface area contributed by atoms with E-state index in [2.05, 4.69) is 10.6 Å². The second kappa shape index (κ2) is 7.26. The fourth-order valence-electron chi connectivity index (χ4n) is 2.37. The van der Waals surface area contributed by atoms with Gasteiger partial charge < -0.3 is 15.7 Å². The summed E-state index contributed by atoms with van der Waals surface area (Å²) in [7, 11) is 0. The van der Waals surface area contributed by atoms with E-state index >= 15 is 0 Å². The molecule has 1 saturated heterocycles. The summed E-state index contributed by atoms with van der Waals surface area (Å²) in [5, 5.41) is 15.2. The molecule has 3 N–H and O–H groups in total. The molecule has 1 aliphatic heterocycles. The molecule has 0 saturated carbocycles. The number of piperidine rings is 1. The summed E-state index contributed by atoms with van der Waals surface area (Å²) in [6.07, 6.45) is 2.72. The molecule has 0 aliphatic carbocycles. The molecule has 1 aliphatic rings. The summed E-state index contributed by atoms with van der Waals surface area (Å²) >= 11 is 0. The van der Waals surface area contributed by atoms with Crippen LogP contribution in [0.5, 0.6) is 0 Å². The lowest BCUT2D eigenvalue weighted by Gasteiger charge is -2.21. The van der Waals surface area contributed by atoms with Crippen molar-refractivity contribution in [2.75, 3.05) is 19.6 Å². The average Bonchev–Trinajstić information content (AvgIpc) is 2.49. The molecule has 104 valence electrons. The van der Waals surface area contributed by atoms with Crippen LogP contribution in [0, 0.1) is 5.92 Å². The Morgan fingerprint density at radius 3 is 2.47 bits per heavy atom. The van der Waals surface area contributed by atoms with Crippen molar-refractivity contribution in [3.63, 3.8) is 0 Å². The van der Waals surface area contributed by atoms with Crippen molar-refractivity contribution in [3.8, 4) is 0 Å². The number of rotatable bonds is 5. The standard InChI is InChI=1S/C15H22N2O2/c18-11-13-3-1-12(2-4-13)5-10-17-15(19)14-6-8-16-9-7-14/h1-4,14,16,18H,5-11H2,(H,17,19). The number of aliphatic hydroxyl groups excluding tert-OH is 1. The normalized spacial score (nSPS) is 16.3. The average molecular weight is 262 g/mol. The number of hydrogen-bond acceptors (Lipinski definition) is 3. The van der Waals surface area contributed by atoms with Gasteiger partial charge in [0, 0.05) is 12.5 Å². The number of aliphatic hydroxyl groups is 1. The second-order valence-corrected chi connectivity index (χ2v) is 5.04. The minimum absolute atomic E-state index is 0.0761. The first-order chi connectivity index (χ1) is 9.29. The number of hydrogen-bond donors (Lipinski definition) is 3. The highest BCUT2D eigenvalue weighted by atomic mass is 16.3. The Hall–Kier alpha value is -1.39. The number of carbonyl (C=O) groups excluding carboxylic acids is 1. The SMILES string of the molecule is O=C(NCCc1ccc(CO)cc1)C1CCNCC1. The minimum Gasteiger partial charge on any atom is -0.392 e. The van der Waals surface area contributed by atoms with Crippen LogP contribution in [0.2, 0.25) is 0 Å². The molecule has 2 rings (SSSR count). The lowest BCUT2D eigenvalue weighted by atomic mass is 9.97. The molecular weight excluding hydrogens is 240 g/mol. The zero-order valence-corrected chi connectivity index (χ0v) is 11.2. The van der Waals surface area contributed by atoms with E-state index in [9.17, 15) is 4.79 Å². The van der Waals surface area contributed by atoms with E-state index in [1.54, 1.807) is 0 Å². The van der Waals surface area contributed by atoms with E-state index in [0.29, 0.717) is 6.54 Å². The molecule has 1 amide bonds. The van der Waals surface area contributed by atoms with E-state index in [1.165, 1.54) is 5.56 Å². The molecule has 1 fully saturated rings. The number of carbonyl (C=O) groups is 1. The fraction of sp³-hybridized carbons (Fsp3) is 0.533. The van der Waals surface area contributed by atoms with Crippen LogP contribution in [-0.4, -0.2) is 30.6 Å². The highest BCUT2D eigenvalue weighted by Crippen LogP contribution is 2.11. The molecule has 4 heteroatoms. The molecule has 4 nitrogen and oxygen atoms in total. The van der Waals surface area contributed by atoms with E-state index in [1.807, 2.05) is 24.3 Å². The summed E-state index contributed by atoms with van der Waals surface area (Å²) < 4.78 is 0. The molecule has 0 spiro atoms. The molecule has 1 aromatic rings. The van der Waals surface area contributed by atoms with Crippen molar-refractivity contribution in [1.29, 1.82) is 0 Å². The summed E-state index contributed by atoms with van der Waals surface area (Å²) in [5.74, 6) is 0.367. The van der Waals surface area contributed by atoms with Gasteiger partial charge in [-0.05, 0) is 43.5 Å². The third-order valence-electron chi connectivity index (χ3n) is 3.63. The first kappa shape index (κ1) is 14.0. The van der Waals surface area contributed by atoms with Crippen LogP contribution in [0.25, 0.3) is 0 Å². The Labute approximate surface area is 114 Å². The van der Waals surface area contributed by atoms with Crippen molar-refractivity contribution in [1.82, 2.24) is 10.6 Å². The van der Waals surface area contributed by atoms with Crippen LogP contribution in [0.15, 0.2) is 24.3 Å². The highest BCUT2D eigenvalue weighted by molar-refractivity contribution is 5.78. The van der Waals surface area contributed by atoms with Crippen molar-refractivity contribution in [2.24, 2.45) is 5.92 Å². The quantitative estimate of drug-likeness (QED) is 0.737. The fourth-order valence-corrected chi connectivity index (χ4v) is 2.37. The van der Waals surface area contributed by atoms with Gasteiger partial charge in [0.05, 0.1) is 6.61 Å². The van der Waals surface area contributed by atoms with E-state index in [-0.39, 0.29) is 18.4 Å². The Balaban J connectivity index is 1.71. The van der Waals surface area contributed by atoms with Gasteiger partial charge in [-0.3, -0.25) is 4.79 Å². The molecule has 19 heavy (non-hydrogen) atoms. The molecule has 0 unspecified atom stereocenters.